The minimum Gasteiger partial charge on any atom is -0.382 e. The Bertz CT molecular complexity index is 604. The molecule has 0 spiro atoms. The monoisotopic (exact) mass is 295 g/mol. The molecular formula is C11H17N7OS. The molecule has 2 heterocycles. The minimum absolute atomic E-state index is 0.0355. The zero-order valence-electron chi connectivity index (χ0n) is 11.5. The van der Waals surface area contributed by atoms with Crippen molar-refractivity contribution in [1.82, 2.24) is 24.5 Å². The highest BCUT2D eigenvalue weighted by molar-refractivity contribution is 7.11. The highest BCUT2D eigenvalue weighted by atomic mass is 32.1. The largest absolute Gasteiger partial charge is 0.382 e. The fourth-order valence-electron chi connectivity index (χ4n) is 1.60. The van der Waals surface area contributed by atoms with Gasteiger partial charge in [-0.3, -0.25) is 4.79 Å². The third-order valence-electron chi connectivity index (χ3n) is 2.58. The van der Waals surface area contributed by atoms with E-state index in [2.05, 4.69) is 25.2 Å². The molecule has 4 N–H and O–H groups in total. The molecule has 0 saturated heterocycles. The van der Waals surface area contributed by atoms with E-state index in [9.17, 15) is 4.79 Å². The maximum absolute atomic E-state index is 12.1. The van der Waals surface area contributed by atoms with Crippen LogP contribution in [0.15, 0.2) is 6.33 Å². The predicted octanol–water partition coefficient (Wildman–Crippen LogP) is 0.604. The molecule has 0 unspecified atom stereocenters. The summed E-state index contributed by atoms with van der Waals surface area (Å²) >= 11 is 1.15. The Morgan fingerprint density at radius 2 is 2.30 bits per heavy atom. The van der Waals surface area contributed by atoms with Crippen LogP contribution in [0, 0.1) is 0 Å². The van der Waals surface area contributed by atoms with Gasteiger partial charge in [0.25, 0.3) is 5.91 Å². The minimum atomic E-state index is -0.230. The molecule has 1 amide bonds. The van der Waals surface area contributed by atoms with Gasteiger partial charge in [0, 0.05) is 13.1 Å². The number of anilines is 2. The number of nitrogens with one attached hydrogen (secondary N) is 2. The van der Waals surface area contributed by atoms with Gasteiger partial charge in [-0.25, -0.2) is 0 Å². The molecule has 108 valence electrons. The van der Waals surface area contributed by atoms with Crippen molar-refractivity contribution in [1.29, 1.82) is 0 Å². The van der Waals surface area contributed by atoms with E-state index in [1.807, 2.05) is 20.9 Å². The second kappa shape index (κ2) is 5.87. The first-order valence-corrected chi connectivity index (χ1v) is 6.89. The number of carbonyl (C=O) groups is 1. The number of nitrogens with two attached hydrogens (primary N) is 1. The summed E-state index contributed by atoms with van der Waals surface area (Å²) in [6.07, 6.45) is 1.62. The lowest BCUT2D eigenvalue weighted by Crippen LogP contribution is -2.30. The molecule has 0 aliphatic rings. The molecule has 2 aromatic heterocycles. The van der Waals surface area contributed by atoms with Crippen molar-refractivity contribution in [3.63, 3.8) is 0 Å². The van der Waals surface area contributed by atoms with Crippen molar-refractivity contribution < 1.29 is 4.79 Å². The molecule has 20 heavy (non-hydrogen) atoms. The number of rotatable bonds is 5. The normalized spacial score (nSPS) is 10.8. The Kier molecular flexibility index (Phi) is 4.18. The average molecular weight is 295 g/mol. The Morgan fingerprint density at radius 1 is 1.55 bits per heavy atom. The third-order valence-corrected chi connectivity index (χ3v) is 3.40. The lowest BCUT2D eigenvalue weighted by atomic mass is 10.2. The zero-order chi connectivity index (χ0) is 14.7. The number of hydrogen-bond acceptors (Lipinski definition) is 7. The van der Waals surface area contributed by atoms with Crippen LogP contribution in [0.25, 0.3) is 0 Å². The topological polar surface area (TPSA) is 111 Å². The van der Waals surface area contributed by atoms with Crippen LogP contribution in [-0.2, 0) is 13.6 Å². The maximum Gasteiger partial charge on any atom is 0.258 e. The van der Waals surface area contributed by atoms with E-state index >= 15 is 0 Å². The number of aromatic nitrogens is 4. The standard InChI is InChI=1S/C11H17N7OS/c1-6(2)15-10(19)8-9(12)17-20-11(8)13-4-7-16-14-5-18(7)3/h5-6,13H,4H2,1-3H3,(H2,12,17)(H,15,19). The molecule has 0 radical (unpaired) electrons. The van der Waals surface area contributed by atoms with E-state index < -0.39 is 0 Å². The molecule has 0 atom stereocenters. The summed E-state index contributed by atoms with van der Waals surface area (Å²) < 4.78 is 5.82. The number of nitrogen functional groups attached to an aromatic ring is 1. The van der Waals surface area contributed by atoms with E-state index in [1.54, 1.807) is 10.9 Å². The van der Waals surface area contributed by atoms with Gasteiger partial charge in [-0.1, -0.05) is 0 Å². The smallest absolute Gasteiger partial charge is 0.258 e. The second-order valence-electron chi connectivity index (χ2n) is 4.61. The van der Waals surface area contributed by atoms with E-state index in [-0.39, 0.29) is 17.8 Å². The van der Waals surface area contributed by atoms with Crippen molar-refractivity contribution >= 4 is 28.3 Å². The summed E-state index contributed by atoms with van der Waals surface area (Å²) in [6, 6.07) is 0.0355. The van der Waals surface area contributed by atoms with E-state index in [1.165, 1.54) is 0 Å². The zero-order valence-corrected chi connectivity index (χ0v) is 12.4. The molecule has 0 aliphatic heterocycles. The lowest BCUT2D eigenvalue weighted by Gasteiger charge is -2.10. The molecule has 0 aromatic carbocycles. The van der Waals surface area contributed by atoms with Gasteiger partial charge in [-0.05, 0) is 25.4 Å². The first-order valence-electron chi connectivity index (χ1n) is 6.11. The Morgan fingerprint density at radius 3 is 2.90 bits per heavy atom. The lowest BCUT2D eigenvalue weighted by molar-refractivity contribution is 0.0945. The maximum atomic E-state index is 12.1. The number of nitrogens with zero attached hydrogens (tertiary/aromatic N) is 4. The number of aryl methyl sites for hydroxylation is 1. The Labute approximate surface area is 120 Å². The van der Waals surface area contributed by atoms with Crippen molar-refractivity contribution in [3.8, 4) is 0 Å². The Hall–Kier alpha value is -2.16. The van der Waals surface area contributed by atoms with Gasteiger partial charge in [0.1, 0.15) is 16.9 Å². The van der Waals surface area contributed by atoms with Gasteiger partial charge in [0.05, 0.1) is 6.54 Å². The molecule has 0 aliphatic carbocycles. The number of hydrogen-bond donors (Lipinski definition) is 3. The molecule has 2 aromatic rings. The fraction of sp³-hybridized carbons (Fsp3) is 0.455. The van der Waals surface area contributed by atoms with Crippen LogP contribution in [0.4, 0.5) is 10.8 Å². The first kappa shape index (κ1) is 14.3. The summed E-state index contributed by atoms with van der Waals surface area (Å²) in [6.45, 7) is 4.22. The summed E-state index contributed by atoms with van der Waals surface area (Å²) in [5, 5.41) is 14.3. The predicted molar refractivity (Wildman–Crippen MR) is 77.5 cm³/mol. The molecule has 2 rings (SSSR count). The van der Waals surface area contributed by atoms with Gasteiger partial charge in [-0.2, -0.15) is 4.37 Å². The molecular weight excluding hydrogens is 278 g/mol. The van der Waals surface area contributed by atoms with E-state index in [4.69, 9.17) is 5.73 Å². The van der Waals surface area contributed by atoms with Crippen LogP contribution in [-0.4, -0.2) is 31.1 Å². The number of carbonyl (C=O) groups excluding carboxylic acids is 1. The van der Waals surface area contributed by atoms with Crippen molar-refractivity contribution in [2.75, 3.05) is 11.1 Å². The van der Waals surface area contributed by atoms with Crippen LogP contribution >= 0.6 is 11.5 Å². The van der Waals surface area contributed by atoms with Gasteiger partial charge in [0.15, 0.2) is 11.6 Å². The first-order chi connectivity index (χ1) is 9.49. The second-order valence-corrected chi connectivity index (χ2v) is 5.39. The van der Waals surface area contributed by atoms with Crippen LogP contribution in [0.2, 0.25) is 0 Å². The summed E-state index contributed by atoms with van der Waals surface area (Å²) in [4.78, 5) is 12.1. The molecule has 0 bridgehead atoms. The van der Waals surface area contributed by atoms with Gasteiger partial charge < -0.3 is 20.9 Å². The van der Waals surface area contributed by atoms with Crippen LogP contribution in [0.3, 0.4) is 0 Å². The average Bonchev–Trinajstić information content (AvgIpc) is 2.92. The highest BCUT2D eigenvalue weighted by Crippen LogP contribution is 2.27. The molecule has 9 heteroatoms. The Balaban J connectivity index is 2.13. The van der Waals surface area contributed by atoms with Crippen molar-refractivity contribution in [2.45, 2.75) is 26.4 Å². The molecule has 8 nitrogen and oxygen atoms in total. The van der Waals surface area contributed by atoms with Crippen LogP contribution < -0.4 is 16.4 Å². The van der Waals surface area contributed by atoms with Gasteiger partial charge in [-0.15, -0.1) is 10.2 Å². The quantitative estimate of drug-likeness (QED) is 0.745. The third kappa shape index (κ3) is 3.05. The molecule has 0 fully saturated rings. The summed E-state index contributed by atoms with van der Waals surface area (Å²) in [5.41, 5.74) is 6.14. The summed E-state index contributed by atoms with van der Waals surface area (Å²) in [7, 11) is 1.85. The van der Waals surface area contributed by atoms with Crippen molar-refractivity contribution in [3.05, 3.63) is 17.7 Å². The SMILES string of the molecule is CC(C)NC(=O)c1c(N)nsc1NCc1nncn1C. The van der Waals surface area contributed by atoms with E-state index in [0.29, 0.717) is 17.1 Å². The van der Waals surface area contributed by atoms with Crippen LogP contribution in [0.1, 0.15) is 30.0 Å². The number of amides is 1. The van der Waals surface area contributed by atoms with Gasteiger partial charge >= 0.3 is 0 Å². The van der Waals surface area contributed by atoms with Crippen LogP contribution in [0.5, 0.6) is 0 Å². The van der Waals surface area contributed by atoms with Gasteiger partial charge in [0.2, 0.25) is 0 Å². The highest BCUT2D eigenvalue weighted by Gasteiger charge is 2.20. The van der Waals surface area contributed by atoms with Crippen molar-refractivity contribution in [2.24, 2.45) is 7.05 Å². The van der Waals surface area contributed by atoms with E-state index in [0.717, 1.165) is 17.4 Å². The molecule has 0 saturated carbocycles. The summed E-state index contributed by atoms with van der Waals surface area (Å²) in [5.74, 6) is 0.757. The fourth-order valence-corrected chi connectivity index (χ4v) is 2.31.